The van der Waals surface area contributed by atoms with E-state index in [-0.39, 0.29) is 23.0 Å². The van der Waals surface area contributed by atoms with Gasteiger partial charge in [0, 0.05) is 50.5 Å². The van der Waals surface area contributed by atoms with Crippen LogP contribution in [0.15, 0.2) is 119 Å². The Balaban J connectivity index is 1.38. The summed E-state index contributed by atoms with van der Waals surface area (Å²) in [6.45, 7) is 30.5. The molecule has 0 spiro atoms. The molecule has 60 heavy (non-hydrogen) atoms. The monoisotopic (exact) mass is 806 g/mol. The molecule has 306 valence electrons. The zero-order chi connectivity index (χ0) is 42.8. The van der Waals surface area contributed by atoms with E-state index in [1.54, 1.807) is 0 Å². The topological polar surface area (TPSA) is 6.48 Å². The Kier molecular flexibility index (Phi) is 9.64. The van der Waals surface area contributed by atoms with Crippen molar-refractivity contribution in [1.29, 1.82) is 0 Å². The number of aryl methyl sites for hydroxylation is 3. The minimum absolute atomic E-state index is 0.0484. The van der Waals surface area contributed by atoms with Crippen LogP contribution in [0.2, 0.25) is 0 Å². The zero-order valence-corrected chi connectivity index (χ0v) is 39.2. The van der Waals surface area contributed by atoms with Gasteiger partial charge in [0.25, 0.3) is 0 Å². The molecule has 4 heteroatoms. The Hall–Kier alpha value is -4.67. The molecule has 2 aliphatic heterocycles. The van der Waals surface area contributed by atoms with Crippen LogP contribution in [-0.2, 0) is 16.2 Å². The summed E-state index contributed by atoms with van der Waals surface area (Å²) in [5, 5.41) is 0. The van der Waals surface area contributed by atoms with Gasteiger partial charge in [0.15, 0.2) is 0 Å². The van der Waals surface area contributed by atoms with E-state index in [9.17, 15) is 0 Å². The van der Waals surface area contributed by atoms with E-state index >= 15 is 0 Å². The molecule has 0 N–H and O–H groups in total. The van der Waals surface area contributed by atoms with Crippen molar-refractivity contribution in [3.05, 3.63) is 159 Å². The minimum Gasteiger partial charge on any atom is -0.311 e. The highest BCUT2D eigenvalue weighted by atomic mass is 32.1. The van der Waals surface area contributed by atoms with Crippen LogP contribution in [0, 0.1) is 26.7 Å². The molecule has 9 rings (SSSR count). The highest BCUT2D eigenvalue weighted by Gasteiger charge is 2.45. The van der Waals surface area contributed by atoms with Crippen LogP contribution in [-0.4, -0.2) is 6.71 Å². The number of thiol groups is 1. The molecule has 5 aromatic rings. The van der Waals surface area contributed by atoms with Crippen LogP contribution in [0.4, 0.5) is 28.4 Å². The zero-order valence-electron chi connectivity index (χ0n) is 38.3. The van der Waals surface area contributed by atoms with Crippen LogP contribution < -0.4 is 20.7 Å². The lowest BCUT2D eigenvalue weighted by molar-refractivity contribution is 0.331. The van der Waals surface area contributed by atoms with Gasteiger partial charge in [-0.3, -0.25) is 0 Å². The average Bonchev–Trinajstić information content (AvgIpc) is 3.17. The van der Waals surface area contributed by atoms with Gasteiger partial charge in [-0.2, -0.15) is 0 Å². The third kappa shape index (κ3) is 6.46. The van der Waals surface area contributed by atoms with Crippen LogP contribution in [0.1, 0.15) is 133 Å². The molecular formula is C56H63BN2S. The molecule has 2 nitrogen and oxygen atoms in total. The van der Waals surface area contributed by atoms with Gasteiger partial charge in [0.1, 0.15) is 0 Å². The van der Waals surface area contributed by atoms with Crippen molar-refractivity contribution in [2.45, 2.75) is 130 Å². The Labute approximate surface area is 367 Å². The van der Waals surface area contributed by atoms with Crippen molar-refractivity contribution in [3.8, 4) is 0 Å². The minimum atomic E-state index is 0.0484. The van der Waals surface area contributed by atoms with Crippen LogP contribution in [0.3, 0.4) is 0 Å². The predicted octanol–water partition coefficient (Wildman–Crippen LogP) is 14.3. The molecule has 0 amide bonds. The standard InChI is InChI=1S/C56H63BN2S/c1-33-17-24-46(37(5)27-33)59-47-30-39(51-35(3)15-14-16-36(51)4)18-23-45(47)57-38(6)53(42-31-43-44(32-50(42)60)56(12,13)26-25-55(43,10)11)58(48-28-34(2)29-49(59)52(48)57)41-21-19-40(20-22-41)54(7,8)9/h14-24,27-32,35,51,60H,25-26H2,1-13H3/t35-,51?/m1/s1. The summed E-state index contributed by atoms with van der Waals surface area (Å²) in [5.74, 6) is 0.746. The fourth-order valence-electron chi connectivity index (χ4n) is 11.2. The highest BCUT2D eigenvalue weighted by Crippen LogP contribution is 2.52. The lowest BCUT2D eigenvalue weighted by atomic mass is 9.33. The Bertz CT molecular complexity index is 2680. The first-order valence-corrected chi connectivity index (χ1v) is 22.7. The maximum Gasteiger partial charge on any atom is 0.247 e. The number of allylic oxidation sites excluding steroid dienone is 5. The molecule has 0 saturated heterocycles. The highest BCUT2D eigenvalue weighted by molar-refractivity contribution is 7.80. The molecule has 2 heterocycles. The van der Waals surface area contributed by atoms with Crippen LogP contribution in [0.25, 0.3) is 5.70 Å². The molecular weight excluding hydrogens is 744 g/mol. The van der Waals surface area contributed by atoms with Crippen molar-refractivity contribution >= 4 is 64.4 Å². The first kappa shape index (κ1) is 40.7. The van der Waals surface area contributed by atoms with Gasteiger partial charge >= 0.3 is 0 Å². The van der Waals surface area contributed by atoms with Crippen LogP contribution >= 0.6 is 12.6 Å². The van der Waals surface area contributed by atoms with E-state index in [4.69, 9.17) is 12.6 Å². The number of hydrogen-bond acceptors (Lipinski definition) is 3. The number of nitrogens with zero attached hydrogens (tertiary/aromatic N) is 2. The molecule has 1 unspecified atom stereocenters. The normalized spacial score (nSPS) is 20.2. The molecule has 5 aromatic carbocycles. The first-order valence-electron chi connectivity index (χ1n) is 22.3. The molecule has 2 atom stereocenters. The van der Waals surface area contributed by atoms with Crippen molar-refractivity contribution in [1.82, 2.24) is 0 Å². The molecule has 0 bridgehead atoms. The average molecular weight is 807 g/mol. The summed E-state index contributed by atoms with van der Waals surface area (Å²) in [6.07, 6.45) is 9.23. The maximum atomic E-state index is 5.45. The van der Waals surface area contributed by atoms with Gasteiger partial charge in [-0.15, -0.1) is 12.6 Å². The number of fused-ring (bicyclic) bond motifs is 3. The van der Waals surface area contributed by atoms with Crippen molar-refractivity contribution < 1.29 is 0 Å². The number of hydrogen-bond donors (Lipinski definition) is 1. The second kappa shape index (κ2) is 14.2. The first-order chi connectivity index (χ1) is 28.3. The van der Waals surface area contributed by atoms with Crippen molar-refractivity contribution in [3.63, 3.8) is 0 Å². The lowest BCUT2D eigenvalue weighted by Gasteiger charge is -2.46. The predicted molar refractivity (Wildman–Crippen MR) is 264 cm³/mol. The fourth-order valence-corrected chi connectivity index (χ4v) is 11.5. The van der Waals surface area contributed by atoms with Gasteiger partial charge in [-0.05, 0) is 162 Å². The van der Waals surface area contributed by atoms with Crippen molar-refractivity contribution in [2.75, 3.05) is 9.80 Å². The number of benzene rings is 5. The van der Waals surface area contributed by atoms with E-state index < -0.39 is 0 Å². The van der Waals surface area contributed by atoms with E-state index in [1.807, 2.05) is 0 Å². The molecule has 0 saturated carbocycles. The second-order valence-electron chi connectivity index (χ2n) is 21.1. The van der Waals surface area contributed by atoms with Gasteiger partial charge in [0.05, 0.1) is 0 Å². The Morgan fingerprint density at radius 2 is 1.33 bits per heavy atom. The van der Waals surface area contributed by atoms with Gasteiger partial charge in [-0.1, -0.05) is 127 Å². The van der Waals surface area contributed by atoms with E-state index in [0.29, 0.717) is 11.8 Å². The third-order valence-electron chi connectivity index (χ3n) is 14.6. The summed E-state index contributed by atoms with van der Waals surface area (Å²) in [5.41, 5.74) is 23.8. The summed E-state index contributed by atoms with van der Waals surface area (Å²) in [6, 6.07) is 33.7. The number of rotatable bonds is 4. The van der Waals surface area contributed by atoms with Gasteiger partial charge in [-0.25, -0.2) is 0 Å². The molecule has 0 fully saturated rings. The maximum absolute atomic E-state index is 5.45. The van der Waals surface area contributed by atoms with Gasteiger partial charge < -0.3 is 9.80 Å². The molecule has 0 radical (unpaired) electrons. The fraction of sp³-hybridized carbons (Fsp3) is 0.357. The quantitative estimate of drug-likeness (QED) is 0.143. The lowest BCUT2D eigenvalue weighted by Crippen LogP contribution is -2.55. The Morgan fingerprint density at radius 1 is 0.683 bits per heavy atom. The smallest absolute Gasteiger partial charge is 0.247 e. The summed E-state index contributed by atoms with van der Waals surface area (Å²) < 4.78 is 0. The third-order valence-corrected chi connectivity index (χ3v) is 15.0. The molecule has 4 aliphatic rings. The summed E-state index contributed by atoms with van der Waals surface area (Å²) in [4.78, 5) is 6.24. The van der Waals surface area contributed by atoms with E-state index in [0.717, 1.165) is 11.3 Å². The second-order valence-corrected chi connectivity index (χ2v) is 21.6. The largest absolute Gasteiger partial charge is 0.311 e. The summed E-state index contributed by atoms with van der Waals surface area (Å²) in [7, 11) is 0. The van der Waals surface area contributed by atoms with E-state index in [1.165, 1.54) is 107 Å². The summed E-state index contributed by atoms with van der Waals surface area (Å²) >= 11 is 5.45. The van der Waals surface area contributed by atoms with E-state index in [2.05, 4.69) is 203 Å². The van der Waals surface area contributed by atoms with Gasteiger partial charge in [0.2, 0.25) is 6.71 Å². The molecule has 2 aliphatic carbocycles. The SMILES string of the molecule is CC1=CC=C[C@@H](C)C1c1ccc2c(c1)N(c1ccc(C)cc1C)c1cc(C)cc3c1B2C(C)=C(c1cc2c(cc1S)C(C)(C)CCC2(C)C)N3c1ccc(C(C)(C)C)cc1. The molecule has 0 aromatic heterocycles. The van der Waals surface area contributed by atoms with Crippen LogP contribution in [0.5, 0.6) is 0 Å². The van der Waals surface area contributed by atoms with Crippen molar-refractivity contribution in [2.24, 2.45) is 5.92 Å². The number of anilines is 5. The Morgan fingerprint density at radius 3 is 1.97 bits per heavy atom.